The maximum Gasteiger partial charge on any atom is 0.241 e. The van der Waals surface area contributed by atoms with Gasteiger partial charge in [-0.25, -0.2) is 13.1 Å². The van der Waals surface area contributed by atoms with Gasteiger partial charge in [-0.3, -0.25) is 0 Å². The number of halogens is 1. The fourth-order valence-electron chi connectivity index (χ4n) is 2.22. The van der Waals surface area contributed by atoms with Crippen LogP contribution < -0.4 is 14.8 Å². The number of methoxy groups -OCH3 is 1. The van der Waals surface area contributed by atoms with Crippen LogP contribution in [0.25, 0.3) is 0 Å². The summed E-state index contributed by atoms with van der Waals surface area (Å²) in [6.07, 6.45) is 0.969. The average Bonchev–Trinajstić information content (AvgIpc) is 2.41. The van der Waals surface area contributed by atoms with Crippen LogP contribution in [0.1, 0.15) is 13.3 Å². The number of nitrogens with one attached hydrogen (secondary N) is 2. The highest BCUT2D eigenvalue weighted by molar-refractivity contribution is 9.10. The summed E-state index contributed by atoms with van der Waals surface area (Å²) in [5.74, 6) is 0.825. The molecule has 0 aromatic heterocycles. The summed E-state index contributed by atoms with van der Waals surface area (Å²) in [6.45, 7) is 3.66. The van der Waals surface area contributed by atoms with Crippen molar-refractivity contribution in [2.24, 2.45) is 5.92 Å². The fourth-order valence-corrected chi connectivity index (χ4v) is 3.99. The van der Waals surface area contributed by atoms with Gasteiger partial charge >= 0.3 is 0 Å². The number of hydrogen-bond acceptors (Lipinski definition) is 4. The number of benzene rings is 1. The van der Waals surface area contributed by atoms with E-state index in [0.717, 1.165) is 17.4 Å². The molecule has 1 heterocycles. The van der Waals surface area contributed by atoms with Crippen molar-refractivity contribution in [1.82, 2.24) is 10.0 Å². The van der Waals surface area contributed by atoms with Gasteiger partial charge in [0.15, 0.2) is 0 Å². The van der Waals surface area contributed by atoms with Crippen LogP contribution >= 0.6 is 15.9 Å². The van der Waals surface area contributed by atoms with E-state index < -0.39 is 10.0 Å². The first-order valence-corrected chi connectivity index (χ1v) is 8.78. The maximum absolute atomic E-state index is 12.4. The van der Waals surface area contributed by atoms with Crippen LogP contribution in [0.5, 0.6) is 5.75 Å². The highest BCUT2D eigenvalue weighted by atomic mass is 79.9. The Morgan fingerprint density at radius 3 is 2.85 bits per heavy atom. The minimum atomic E-state index is -3.53. The number of piperidine rings is 1. The predicted octanol–water partition coefficient (Wildman–Crippen LogP) is 1.73. The van der Waals surface area contributed by atoms with Crippen LogP contribution in [0.15, 0.2) is 27.6 Å². The van der Waals surface area contributed by atoms with Crippen LogP contribution in [0.3, 0.4) is 0 Å². The van der Waals surface area contributed by atoms with Crippen molar-refractivity contribution in [3.8, 4) is 5.75 Å². The molecule has 2 atom stereocenters. The van der Waals surface area contributed by atoms with E-state index >= 15 is 0 Å². The predicted molar refractivity (Wildman–Crippen MR) is 81.5 cm³/mol. The second-order valence-electron chi connectivity index (χ2n) is 4.99. The van der Waals surface area contributed by atoms with Crippen LogP contribution in [0, 0.1) is 5.92 Å². The summed E-state index contributed by atoms with van der Waals surface area (Å²) in [6, 6.07) is 4.68. The van der Waals surface area contributed by atoms with Gasteiger partial charge in [0.2, 0.25) is 10.0 Å². The van der Waals surface area contributed by atoms with Crippen molar-refractivity contribution in [2.75, 3.05) is 20.2 Å². The molecule has 0 saturated carbocycles. The van der Waals surface area contributed by atoms with E-state index in [4.69, 9.17) is 4.74 Å². The average molecular weight is 363 g/mol. The summed E-state index contributed by atoms with van der Waals surface area (Å²) in [7, 11) is -2.02. The summed E-state index contributed by atoms with van der Waals surface area (Å²) in [5.41, 5.74) is 0. The van der Waals surface area contributed by atoms with E-state index in [1.54, 1.807) is 12.1 Å². The molecule has 5 nitrogen and oxygen atoms in total. The van der Waals surface area contributed by atoms with Crippen LogP contribution in [-0.2, 0) is 10.0 Å². The molecule has 2 unspecified atom stereocenters. The van der Waals surface area contributed by atoms with Crippen LogP contribution in [0.2, 0.25) is 0 Å². The van der Waals surface area contributed by atoms with Gasteiger partial charge in [-0.05, 0) is 46.9 Å². The Morgan fingerprint density at radius 2 is 2.20 bits per heavy atom. The molecule has 0 amide bonds. The van der Waals surface area contributed by atoms with Gasteiger partial charge in [0.1, 0.15) is 5.75 Å². The fraction of sp³-hybridized carbons (Fsp3) is 0.538. The number of rotatable bonds is 4. The van der Waals surface area contributed by atoms with Gasteiger partial charge in [-0.1, -0.05) is 6.92 Å². The lowest BCUT2D eigenvalue weighted by molar-refractivity contribution is 0.327. The van der Waals surface area contributed by atoms with Crippen LogP contribution in [-0.4, -0.2) is 34.7 Å². The molecule has 1 aromatic rings. The zero-order valence-corrected chi connectivity index (χ0v) is 13.9. The van der Waals surface area contributed by atoms with E-state index in [2.05, 4.69) is 32.9 Å². The minimum Gasteiger partial charge on any atom is -0.496 e. The molecular formula is C13H19BrN2O3S. The molecule has 1 fully saturated rings. The Balaban J connectivity index is 2.21. The Labute approximate surface area is 128 Å². The van der Waals surface area contributed by atoms with Gasteiger partial charge in [0.25, 0.3) is 0 Å². The third-order valence-electron chi connectivity index (χ3n) is 3.57. The second kappa shape index (κ2) is 6.43. The summed E-state index contributed by atoms with van der Waals surface area (Å²) in [4.78, 5) is 0.218. The van der Waals surface area contributed by atoms with Gasteiger partial charge in [-0.15, -0.1) is 0 Å². The lowest BCUT2D eigenvalue weighted by Crippen LogP contribution is -2.50. The van der Waals surface area contributed by atoms with Crippen molar-refractivity contribution in [3.63, 3.8) is 0 Å². The standard InChI is InChI=1S/C13H19BrN2O3S/c1-9-5-6-15-8-12(9)16-20(17,18)10-3-4-11(14)13(7-10)19-2/h3-4,7,9,12,15-16H,5-6,8H2,1-2H3. The normalized spacial score (nSPS) is 23.6. The van der Waals surface area contributed by atoms with Gasteiger partial charge in [0, 0.05) is 18.7 Å². The zero-order valence-electron chi connectivity index (χ0n) is 11.5. The molecule has 0 radical (unpaired) electrons. The highest BCUT2D eigenvalue weighted by Gasteiger charge is 2.27. The maximum atomic E-state index is 12.4. The highest BCUT2D eigenvalue weighted by Crippen LogP contribution is 2.27. The third kappa shape index (κ3) is 3.52. The SMILES string of the molecule is COc1cc(S(=O)(=O)NC2CNCCC2C)ccc1Br. The first-order chi connectivity index (χ1) is 9.44. The molecule has 20 heavy (non-hydrogen) atoms. The summed E-state index contributed by atoms with van der Waals surface area (Å²) in [5, 5.41) is 3.21. The second-order valence-corrected chi connectivity index (χ2v) is 7.56. The molecule has 0 bridgehead atoms. The molecule has 1 aliphatic heterocycles. The molecule has 2 N–H and O–H groups in total. The Bertz CT molecular complexity index is 577. The molecule has 1 saturated heterocycles. The summed E-state index contributed by atoms with van der Waals surface area (Å²) >= 11 is 3.32. The zero-order chi connectivity index (χ0) is 14.8. The molecule has 7 heteroatoms. The van der Waals surface area contributed by atoms with E-state index in [0.29, 0.717) is 18.2 Å². The molecule has 2 rings (SSSR count). The molecular weight excluding hydrogens is 344 g/mol. The first kappa shape index (κ1) is 15.8. The minimum absolute atomic E-state index is 0.0802. The number of hydrogen-bond donors (Lipinski definition) is 2. The van der Waals surface area contributed by atoms with Crippen molar-refractivity contribution < 1.29 is 13.2 Å². The van der Waals surface area contributed by atoms with Crippen molar-refractivity contribution in [1.29, 1.82) is 0 Å². The Kier molecular flexibility index (Phi) is 5.06. The van der Waals surface area contributed by atoms with Gasteiger partial charge < -0.3 is 10.1 Å². The van der Waals surface area contributed by atoms with Gasteiger partial charge in [0.05, 0.1) is 16.5 Å². The first-order valence-electron chi connectivity index (χ1n) is 6.50. The monoisotopic (exact) mass is 362 g/mol. The molecule has 112 valence electrons. The number of sulfonamides is 1. The molecule has 0 spiro atoms. The topological polar surface area (TPSA) is 67.4 Å². The van der Waals surface area contributed by atoms with Gasteiger partial charge in [-0.2, -0.15) is 0 Å². The Morgan fingerprint density at radius 1 is 1.45 bits per heavy atom. The van der Waals surface area contributed by atoms with Crippen molar-refractivity contribution >= 4 is 26.0 Å². The van der Waals surface area contributed by atoms with Crippen molar-refractivity contribution in [3.05, 3.63) is 22.7 Å². The largest absolute Gasteiger partial charge is 0.496 e. The van der Waals surface area contributed by atoms with E-state index in [9.17, 15) is 8.42 Å². The van der Waals surface area contributed by atoms with Crippen LogP contribution in [0.4, 0.5) is 0 Å². The third-order valence-corrected chi connectivity index (χ3v) is 5.71. The molecule has 1 aliphatic rings. The van der Waals surface area contributed by atoms with E-state index in [1.807, 2.05) is 0 Å². The lowest BCUT2D eigenvalue weighted by Gasteiger charge is -2.30. The smallest absolute Gasteiger partial charge is 0.241 e. The lowest BCUT2D eigenvalue weighted by atomic mass is 9.96. The quantitative estimate of drug-likeness (QED) is 0.855. The van der Waals surface area contributed by atoms with E-state index in [-0.39, 0.29) is 10.9 Å². The van der Waals surface area contributed by atoms with E-state index in [1.165, 1.54) is 13.2 Å². The van der Waals surface area contributed by atoms with Crippen molar-refractivity contribution in [2.45, 2.75) is 24.3 Å². The molecule has 0 aliphatic carbocycles. The number of ether oxygens (including phenoxy) is 1. The molecule has 1 aromatic carbocycles. The Hall–Kier alpha value is -0.630. The summed E-state index contributed by atoms with van der Waals surface area (Å²) < 4.78 is 33.5.